The van der Waals surface area contributed by atoms with Gasteiger partial charge in [-0.3, -0.25) is 0 Å². The van der Waals surface area contributed by atoms with Crippen LogP contribution in [-0.4, -0.2) is 18.6 Å². The molecular weight excluding hydrogens is 248 g/mol. The van der Waals surface area contributed by atoms with E-state index in [1.54, 1.807) is 0 Å². The third kappa shape index (κ3) is 3.09. The molecule has 0 radical (unpaired) electrons. The summed E-state index contributed by atoms with van der Waals surface area (Å²) in [7, 11) is 0. The van der Waals surface area contributed by atoms with E-state index >= 15 is 0 Å². The summed E-state index contributed by atoms with van der Waals surface area (Å²) in [4.78, 5) is 0. The van der Waals surface area contributed by atoms with E-state index in [0.717, 1.165) is 23.5 Å². The monoisotopic (exact) mass is 276 g/mol. The fourth-order valence-electron chi connectivity index (χ4n) is 4.01. The summed E-state index contributed by atoms with van der Waals surface area (Å²) >= 11 is 0. The van der Waals surface area contributed by atoms with Crippen LogP contribution in [0.4, 0.5) is 0 Å². The van der Waals surface area contributed by atoms with Gasteiger partial charge in [0.1, 0.15) is 11.5 Å². The highest BCUT2D eigenvalue weighted by Crippen LogP contribution is 2.33. The van der Waals surface area contributed by atoms with E-state index in [1.165, 1.54) is 45.1 Å². The number of hydrogen-bond acceptors (Lipinski definition) is 3. The zero-order valence-corrected chi connectivity index (χ0v) is 12.8. The summed E-state index contributed by atoms with van der Waals surface area (Å²) in [6.45, 7) is 5.45. The predicted molar refractivity (Wildman–Crippen MR) is 81.8 cm³/mol. The van der Waals surface area contributed by atoms with Crippen LogP contribution < -0.4 is 10.6 Å². The molecule has 1 saturated heterocycles. The van der Waals surface area contributed by atoms with Crippen LogP contribution >= 0.6 is 0 Å². The number of piperidine rings is 1. The maximum absolute atomic E-state index is 5.76. The van der Waals surface area contributed by atoms with E-state index in [9.17, 15) is 0 Å². The Kier molecular flexibility index (Phi) is 4.47. The third-order valence-corrected chi connectivity index (χ3v) is 5.09. The van der Waals surface area contributed by atoms with Crippen molar-refractivity contribution in [3.8, 4) is 0 Å². The fourth-order valence-corrected chi connectivity index (χ4v) is 4.01. The average molecular weight is 276 g/mol. The molecule has 4 atom stereocenters. The Morgan fingerprint density at radius 1 is 1.20 bits per heavy atom. The molecule has 2 fully saturated rings. The van der Waals surface area contributed by atoms with Crippen molar-refractivity contribution < 1.29 is 4.42 Å². The second-order valence-electron chi connectivity index (χ2n) is 6.59. The molecule has 0 amide bonds. The maximum atomic E-state index is 5.76. The molecule has 2 heterocycles. The Morgan fingerprint density at radius 3 is 2.80 bits per heavy atom. The van der Waals surface area contributed by atoms with Crippen molar-refractivity contribution in [3.05, 3.63) is 23.7 Å². The highest BCUT2D eigenvalue weighted by atomic mass is 16.3. The number of hydrogen-bond donors (Lipinski definition) is 2. The number of rotatable bonds is 4. The molecule has 1 saturated carbocycles. The van der Waals surface area contributed by atoms with Crippen LogP contribution in [0.1, 0.15) is 63.0 Å². The zero-order valence-electron chi connectivity index (χ0n) is 12.8. The smallest absolute Gasteiger partial charge is 0.120 e. The second kappa shape index (κ2) is 6.31. The number of aryl methyl sites for hydroxylation is 1. The van der Waals surface area contributed by atoms with Gasteiger partial charge in [0.15, 0.2) is 0 Å². The summed E-state index contributed by atoms with van der Waals surface area (Å²) in [5.41, 5.74) is 0. The first kappa shape index (κ1) is 14.2. The van der Waals surface area contributed by atoms with Gasteiger partial charge in [-0.2, -0.15) is 0 Å². The average Bonchev–Trinajstić information content (AvgIpc) is 3.09. The minimum atomic E-state index is 0.317. The summed E-state index contributed by atoms with van der Waals surface area (Å²) < 4.78 is 5.76. The Hall–Kier alpha value is -0.800. The highest BCUT2D eigenvalue weighted by Gasteiger charge is 2.35. The van der Waals surface area contributed by atoms with E-state index in [2.05, 4.69) is 29.7 Å². The first-order valence-corrected chi connectivity index (χ1v) is 8.30. The number of furan rings is 1. The molecule has 2 N–H and O–H groups in total. The molecule has 3 heteroatoms. The van der Waals surface area contributed by atoms with Gasteiger partial charge in [-0.25, -0.2) is 0 Å². The van der Waals surface area contributed by atoms with E-state index in [0.29, 0.717) is 12.1 Å². The summed E-state index contributed by atoms with van der Waals surface area (Å²) in [5, 5.41) is 7.57. The largest absolute Gasteiger partial charge is 0.465 e. The van der Waals surface area contributed by atoms with Crippen molar-refractivity contribution in [1.29, 1.82) is 0 Å². The molecule has 3 rings (SSSR count). The molecule has 1 aromatic rings. The normalized spacial score (nSPS) is 32.4. The molecule has 1 aromatic heterocycles. The van der Waals surface area contributed by atoms with Crippen LogP contribution in [0.15, 0.2) is 16.5 Å². The first-order valence-electron chi connectivity index (χ1n) is 8.30. The Morgan fingerprint density at radius 2 is 2.10 bits per heavy atom. The lowest BCUT2D eigenvalue weighted by Gasteiger charge is -2.34. The molecule has 2 aliphatic rings. The molecule has 1 aliphatic heterocycles. The molecule has 0 spiro atoms. The van der Waals surface area contributed by atoms with Crippen LogP contribution in [0, 0.1) is 12.8 Å². The van der Waals surface area contributed by atoms with Crippen LogP contribution in [-0.2, 0) is 0 Å². The van der Waals surface area contributed by atoms with Crippen LogP contribution in [0.25, 0.3) is 0 Å². The van der Waals surface area contributed by atoms with Crippen LogP contribution in [0.5, 0.6) is 0 Å². The van der Waals surface area contributed by atoms with Crippen molar-refractivity contribution in [2.45, 2.75) is 70.5 Å². The van der Waals surface area contributed by atoms with Gasteiger partial charge in [0.25, 0.3) is 0 Å². The van der Waals surface area contributed by atoms with Crippen LogP contribution in [0.2, 0.25) is 0 Å². The zero-order chi connectivity index (χ0) is 13.9. The first-order chi connectivity index (χ1) is 9.74. The Labute approximate surface area is 122 Å². The van der Waals surface area contributed by atoms with Gasteiger partial charge in [0, 0.05) is 12.1 Å². The van der Waals surface area contributed by atoms with Crippen molar-refractivity contribution in [2.24, 2.45) is 5.92 Å². The quantitative estimate of drug-likeness (QED) is 0.883. The van der Waals surface area contributed by atoms with Gasteiger partial charge in [-0.05, 0) is 64.1 Å². The minimum Gasteiger partial charge on any atom is -0.465 e. The van der Waals surface area contributed by atoms with Gasteiger partial charge in [-0.1, -0.05) is 12.8 Å². The van der Waals surface area contributed by atoms with Crippen molar-refractivity contribution in [1.82, 2.24) is 10.6 Å². The van der Waals surface area contributed by atoms with Crippen molar-refractivity contribution >= 4 is 0 Å². The summed E-state index contributed by atoms with van der Waals surface area (Å²) in [5.74, 6) is 2.88. The molecule has 3 nitrogen and oxygen atoms in total. The molecule has 4 unspecified atom stereocenters. The molecular formula is C17H28N2O. The summed E-state index contributed by atoms with van der Waals surface area (Å²) in [6, 6.07) is 5.86. The summed E-state index contributed by atoms with van der Waals surface area (Å²) in [6.07, 6.45) is 8.16. The van der Waals surface area contributed by atoms with E-state index in [-0.39, 0.29) is 0 Å². The lowest BCUT2D eigenvalue weighted by atomic mass is 9.88. The highest BCUT2D eigenvalue weighted by molar-refractivity contribution is 5.09. The van der Waals surface area contributed by atoms with Crippen molar-refractivity contribution in [3.63, 3.8) is 0 Å². The molecule has 0 aromatic carbocycles. The SMILES string of the molecule is Cc1ccc(C(C)NC2CCCC2C2CCCCN2)o1. The molecule has 0 bridgehead atoms. The van der Waals surface area contributed by atoms with Crippen molar-refractivity contribution in [2.75, 3.05) is 6.54 Å². The fraction of sp³-hybridized carbons (Fsp3) is 0.765. The van der Waals surface area contributed by atoms with Gasteiger partial charge in [0.2, 0.25) is 0 Å². The number of nitrogens with one attached hydrogen (secondary N) is 2. The molecule has 20 heavy (non-hydrogen) atoms. The van der Waals surface area contributed by atoms with E-state index < -0.39 is 0 Å². The molecule has 1 aliphatic carbocycles. The van der Waals surface area contributed by atoms with Gasteiger partial charge >= 0.3 is 0 Å². The second-order valence-corrected chi connectivity index (χ2v) is 6.59. The molecule has 112 valence electrons. The standard InChI is InChI=1S/C17H28N2O/c1-12-9-10-17(20-12)13(2)19-16-8-5-6-14(16)15-7-3-4-11-18-15/h9-10,13-16,18-19H,3-8,11H2,1-2H3. The third-order valence-electron chi connectivity index (χ3n) is 5.09. The van der Waals surface area contributed by atoms with Gasteiger partial charge < -0.3 is 15.1 Å². The van der Waals surface area contributed by atoms with E-state index in [1.807, 2.05) is 6.92 Å². The Bertz CT molecular complexity index is 422. The minimum absolute atomic E-state index is 0.317. The van der Waals surface area contributed by atoms with Gasteiger partial charge in [0.05, 0.1) is 6.04 Å². The van der Waals surface area contributed by atoms with E-state index in [4.69, 9.17) is 4.42 Å². The lowest BCUT2D eigenvalue weighted by molar-refractivity contribution is 0.242. The Balaban J connectivity index is 1.60. The van der Waals surface area contributed by atoms with Crippen LogP contribution in [0.3, 0.4) is 0 Å². The lowest BCUT2D eigenvalue weighted by Crippen LogP contribution is -2.47. The predicted octanol–water partition coefficient (Wildman–Crippen LogP) is 3.55. The maximum Gasteiger partial charge on any atom is 0.120 e. The topological polar surface area (TPSA) is 37.2 Å². The van der Waals surface area contributed by atoms with Gasteiger partial charge in [-0.15, -0.1) is 0 Å².